The zero-order chi connectivity index (χ0) is 19.7. The van der Waals surface area contributed by atoms with Crippen LogP contribution in [-0.2, 0) is 11.8 Å². The molecule has 0 aliphatic rings. The molecule has 3 aromatic rings. The summed E-state index contributed by atoms with van der Waals surface area (Å²) in [6.07, 6.45) is 0. The maximum atomic E-state index is 12.6. The van der Waals surface area contributed by atoms with Crippen LogP contribution in [0.5, 0.6) is 5.75 Å². The molecule has 0 fully saturated rings. The molecule has 0 bridgehead atoms. The molecule has 0 spiro atoms. The predicted molar refractivity (Wildman–Crippen MR) is 112 cm³/mol. The number of methoxy groups -OCH3 is 1. The second kappa shape index (κ2) is 7.92. The SMILES string of the molecule is COc1ccc(Cl)cc1NC(=O)CSc1nc2sc(C)c(C)c2c(=O)n1C. The summed E-state index contributed by atoms with van der Waals surface area (Å²) in [4.78, 5) is 31.3. The maximum absolute atomic E-state index is 12.6. The molecule has 0 aliphatic heterocycles. The summed E-state index contributed by atoms with van der Waals surface area (Å²) in [6, 6.07) is 5.00. The van der Waals surface area contributed by atoms with Crippen LogP contribution < -0.4 is 15.6 Å². The second-order valence-corrected chi connectivity index (χ2v) is 8.49. The quantitative estimate of drug-likeness (QED) is 0.496. The number of thiophene rings is 1. The summed E-state index contributed by atoms with van der Waals surface area (Å²) in [5.41, 5.74) is 1.36. The summed E-state index contributed by atoms with van der Waals surface area (Å²) in [5.74, 6) is 0.382. The fraction of sp³-hybridized carbons (Fsp3) is 0.278. The lowest BCUT2D eigenvalue weighted by Gasteiger charge is -2.11. The Labute approximate surface area is 169 Å². The van der Waals surface area contributed by atoms with Crippen molar-refractivity contribution in [1.29, 1.82) is 0 Å². The average molecular weight is 424 g/mol. The molecular weight excluding hydrogens is 406 g/mol. The van der Waals surface area contributed by atoms with E-state index in [1.54, 1.807) is 25.2 Å². The Balaban J connectivity index is 1.79. The van der Waals surface area contributed by atoms with Gasteiger partial charge in [0.2, 0.25) is 5.91 Å². The molecule has 0 unspecified atom stereocenters. The minimum absolute atomic E-state index is 0.0960. The highest BCUT2D eigenvalue weighted by Gasteiger charge is 2.16. The van der Waals surface area contributed by atoms with E-state index in [9.17, 15) is 9.59 Å². The molecule has 2 heterocycles. The third kappa shape index (κ3) is 3.97. The monoisotopic (exact) mass is 423 g/mol. The molecule has 0 atom stereocenters. The normalized spacial score (nSPS) is 11.0. The van der Waals surface area contributed by atoms with Gasteiger partial charge in [-0.1, -0.05) is 23.4 Å². The lowest BCUT2D eigenvalue weighted by atomic mass is 10.2. The molecule has 0 radical (unpaired) electrons. The molecule has 0 saturated heterocycles. The molecule has 1 N–H and O–H groups in total. The molecule has 0 saturated carbocycles. The minimum atomic E-state index is -0.242. The van der Waals surface area contributed by atoms with Crippen LogP contribution in [-0.4, -0.2) is 28.3 Å². The van der Waals surface area contributed by atoms with E-state index < -0.39 is 0 Å². The van der Waals surface area contributed by atoms with Crippen LogP contribution in [0.3, 0.4) is 0 Å². The first kappa shape index (κ1) is 19.7. The van der Waals surface area contributed by atoms with Gasteiger partial charge in [0, 0.05) is 16.9 Å². The van der Waals surface area contributed by atoms with E-state index in [1.807, 2.05) is 13.8 Å². The van der Waals surface area contributed by atoms with Gasteiger partial charge >= 0.3 is 0 Å². The number of thioether (sulfide) groups is 1. The number of anilines is 1. The Morgan fingerprint density at radius 3 is 2.85 bits per heavy atom. The van der Waals surface area contributed by atoms with Crippen molar-refractivity contribution in [3.8, 4) is 5.75 Å². The Morgan fingerprint density at radius 2 is 2.15 bits per heavy atom. The van der Waals surface area contributed by atoms with Gasteiger partial charge < -0.3 is 10.1 Å². The number of rotatable bonds is 5. The van der Waals surface area contributed by atoms with E-state index in [0.717, 1.165) is 10.4 Å². The van der Waals surface area contributed by atoms with Crippen molar-refractivity contribution in [3.63, 3.8) is 0 Å². The van der Waals surface area contributed by atoms with Gasteiger partial charge in [0.25, 0.3) is 5.56 Å². The first-order chi connectivity index (χ1) is 12.8. The fourth-order valence-corrected chi connectivity index (χ4v) is 4.59. The largest absolute Gasteiger partial charge is 0.495 e. The zero-order valence-electron chi connectivity index (χ0n) is 15.3. The van der Waals surface area contributed by atoms with E-state index in [0.29, 0.717) is 31.8 Å². The van der Waals surface area contributed by atoms with Gasteiger partial charge in [-0.2, -0.15) is 0 Å². The van der Waals surface area contributed by atoms with Crippen LogP contribution in [0.1, 0.15) is 10.4 Å². The number of amides is 1. The molecule has 27 heavy (non-hydrogen) atoms. The number of benzene rings is 1. The third-order valence-electron chi connectivity index (χ3n) is 4.14. The molecule has 1 aromatic carbocycles. The van der Waals surface area contributed by atoms with Crippen molar-refractivity contribution in [2.45, 2.75) is 19.0 Å². The number of aryl methyl sites for hydroxylation is 2. The summed E-state index contributed by atoms with van der Waals surface area (Å²) >= 11 is 8.68. The number of ether oxygens (including phenoxy) is 1. The summed E-state index contributed by atoms with van der Waals surface area (Å²) in [6.45, 7) is 3.90. The number of fused-ring (bicyclic) bond motifs is 1. The Hall–Kier alpha value is -2.03. The van der Waals surface area contributed by atoms with E-state index in [2.05, 4.69) is 10.3 Å². The maximum Gasteiger partial charge on any atom is 0.262 e. The van der Waals surface area contributed by atoms with Crippen molar-refractivity contribution in [3.05, 3.63) is 44.0 Å². The molecule has 142 valence electrons. The lowest BCUT2D eigenvalue weighted by Crippen LogP contribution is -2.21. The number of aromatic nitrogens is 2. The van der Waals surface area contributed by atoms with E-state index >= 15 is 0 Å². The van der Waals surface area contributed by atoms with Crippen LogP contribution in [0.25, 0.3) is 10.2 Å². The van der Waals surface area contributed by atoms with E-state index in [1.165, 1.54) is 34.8 Å². The van der Waals surface area contributed by atoms with Crippen molar-refractivity contribution in [2.75, 3.05) is 18.2 Å². The molecule has 0 aliphatic carbocycles. The van der Waals surface area contributed by atoms with Crippen molar-refractivity contribution in [1.82, 2.24) is 9.55 Å². The highest BCUT2D eigenvalue weighted by atomic mass is 35.5. The first-order valence-corrected chi connectivity index (χ1v) is 10.2. The van der Waals surface area contributed by atoms with Crippen LogP contribution in [0.2, 0.25) is 5.02 Å². The minimum Gasteiger partial charge on any atom is -0.495 e. The number of carbonyl (C=O) groups excluding carboxylic acids is 1. The lowest BCUT2D eigenvalue weighted by molar-refractivity contribution is -0.113. The van der Waals surface area contributed by atoms with E-state index in [-0.39, 0.29) is 17.2 Å². The molecule has 6 nitrogen and oxygen atoms in total. The Bertz CT molecular complexity index is 1090. The second-order valence-electron chi connectivity index (χ2n) is 5.90. The van der Waals surface area contributed by atoms with Gasteiger partial charge in [0.1, 0.15) is 10.6 Å². The van der Waals surface area contributed by atoms with Crippen molar-refractivity contribution < 1.29 is 9.53 Å². The fourth-order valence-electron chi connectivity index (χ4n) is 2.58. The summed E-state index contributed by atoms with van der Waals surface area (Å²) in [7, 11) is 3.19. The molecule has 1 amide bonds. The third-order valence-corrected chi connectivity index (χ3v) is 6.50. The van der Waals surface area contributed by atoms with Gasteiger partial charge in [0.15, 0.2) is 5.16 Å². The van der Waals surface area contributed by atoms with Gasteiger partial charge in [-0.3, -0.25) is 14.2 Å². The molecule has 9 heteroatoms. The van der Waals surface area contributed by atoms with Gasteiger partial charge in [-0.25, -0.2) is 4.98 Å². The molecular formula is C18H18ClN3O3S2. The molecule has 2 aromatic heterocycles. The van der Waals surface area contributed by atoms with Crippen molar-refractivity contribution >= 4 is 56.5 Å². The number of halogens is 1. The van der Waals surface area contributed by atoms with Crippen LogP contribution in [0.15, 0.2) is 28.2 Å². The Kier molecular flexibility index (Phi) is 5.78. The summed E-state index contributed by atoms with van der Waals surface area (Å²) < 4.78 is 6.71. The number of hydrogen-bond donors (Lipinski definition) is 1. The standard InChI is InChI=1S/C18H18ClN3O3S2/c1-9-10(2)27-16-15(9)17(24)22(3)18(21-16)26-8-14(23)20-12-7-11(19)5-6-13(12)25-4/h5-7H,8H2,1-4H3,(H,20,23). The number of nitrogens with zero attached hydrogens (tertiary/aromatic N) is 2. The van der Waals surface area contributed by atoms with Crippen LogP contribution >= 0.6 is 34.7 Å². The Morgan fingerprint density at radius 1 is 1.41 bits per heavy atom. The van der Waals surface area contributed by atoms with Crippen LogP contribution in [0, 0.1) is 13.8 Å². The molecule has 3 rings (SSSR count). The highest BCUT2D eigenvalue weighted by Crippen LogP contribution is 2.29. The number of hydrogen-bond acceptors (Lipinski definition) is 6. The van der Waals surface area contributed by atoms with Crippen LogP contribution in [0.4, 0.5) is 5.69 Å². The zero-order valence-corrected chi connectivity index (χ0v) is 17.6. The topological polar surface area (TPSA) is 73.2 Å². The van der Waals surface area contributed by atoms with E-state index in [4.69, 9.17) is 16.3 Å². The smallest absolute Gasteiger partial charge is 0.262 e. The first-order valence-electron chi connectivity index (χ1n) is 8.04. The predicted octanol–water partition coefficient (Wildman–Crippen LogP) is 4.00. The van der Waals surface area contributed by atoms with Gasteiger partial charge in [-0.05, 0) is 37.6 Å². The highest BCUT2D eigenvalue weighted by molar-refractivity contribution is 7.99. The summed E-state index contributed by atoms with van der Waals surface area (Å²) in [5, 5.41) is 4.42. The van der Waals surface area contributed by atoms with Gasteiger partial charge in [0.05, 0.1) is 23.9 Å². The van der Waals surface area contributed by atoms with Crippen molar-refractivity contribution in [2.24, 2.45) is 7.05 Å². The average Bonchev–Trinajstić information content (AvgIpc) is 2.91. The van der Waals surface area contributed by atoms with Gasteiger partial charge in [-0.15, -0.1) is 11.3 Å². The number of carbonyl (C=O) groups is 1. The number of nitrogens with one attached hydrogen (secondary N) is 1.